The number of esters is 1. The van der Waals surface area contributed by atoms with Crippen molar-refractivity contribution in [2.24, 2.45) is 5.41 Å². The molecule has 1 saturated carbocycles. The molecule has 6 heteroatoms. The van der Waals surface area contributed by atoms with E-state index in [9.17, 15) is 18.5 Å². The first-order valence-corrected chi connectivity index (χ1v) is 9.88. The Bertz CT molecular complexity index is 961. The van der Waals surface area contributed by atoms with E-state index in [0.717, 1.165) is 5.56 Å². The molecule has 0 radical (unpaired) electrons. The number of ether oxygens (including phenoxy) is 1. The van der Waals surface area contributed by atoms with Gasteiger partial charge in [-0.1, -0.05) is 48.0 Å². The zero-order chi connectivity index (χ0) is 18.9. The van der Waals surface area contributed by atoms with Crippen LogP contribution in [0.5, 0.6) is 0 Å². The molecule has 3 rings (SSSR count). The number of carbonyl (C=O) groups excluding carboxylic acids is 1. The molecular weight excluding hydrogens is 350 g/mol. The van der Waals surface area contributed by atoms with Crippen LogP contribution >= 0.6 is 0 Å². The highest BCUT2D eigenvalue weighted by Crippen LogP contribution is 2.64. The molecule has 0 saturated heterocycles. The molecule has 0 unspecified atom stereocenters. The molecule has 2 aromatic rings. The van der Waals surface area contributed by atoms with Crippen LogP contribution in [0.4, 0.5) is 0 Å². The van der Waals surface area contributed by atoms with E-state index in [1.54, 1.807) is 49.4 Å². The Balaban J connectivity index is 2.12. The highest BCUT2D eigenvalue weighted by Gasteiger charge is 2.77. The van der Waals surface area contributed by atoms with E-state index in [0.29, 0.717) is 5.56 Å². The highest BCUT2D eigenvalue weighted by atomic mass is 32.2. The van der Waals surface area contributed by atoms with Crippen molar-refractivity contribution < 1.29 is 17.9 Å². The van der Waals surface area contributed by atoms with Gasteiger partial charge in [-0.15, -0.1) is 0 Å². The molecule has 0 aliphatic heterocycles. The number of sulfone groups is 1. The summed E-state index contributed by atoms with van der Waals surface area (Å²) in [5, 5.41) is 8.63. The Labute approximate surface area is 153 Å². The number of hydrogen-bond donors (Lipinski definition) is 0. The third kappa shape index (κ3) is 2.69. The van der Waals surface area contributed by atoms with Crippen LogP contribution in [0.3, 0.4) is 0 Å². The number of hydrogen-bond acceptors (Lipinski definition) is 5. The standard InChI is InChI=1S/C20H19NO4S/c1-3-25-19(22)20(13-21)17(15-7-5-4-6-8-15)18(20)26(23,24)16-11-9-14(2)10-12-16/h4-12,17-18H,3H2,1-2H3/t17-,18-,20-/m1/s1. The van der Waals surface area contributed by atoms with Crippen molar-refractivity contribution in [3.05, 3.63) is 65.7 Å². The Morgan fingerprint density at radius 3 is 2.31 bits per heavy atom. The maximum Gasteiger partial charge on any atom is 0.328 e. The minimum atomic E-state index is -3.89. The van der Waals surface area contributed by atoms with Crippen LogP contribution in [0.2, 0.25) is 0 Å². The predicted octanol–water partition coefficient (Wildman–Crippen LogP) is 3.01. The first kappa shape index (κ1) is 18.2. The Morgan fingerprint density at radius 1 is 1.15 bits per heavy atom. The van der Waals surface area contributed by atoms with Gasteiger partial charge in [0, 0.05) is 5.92 Å². The number of benzene rings is 2. The molecule has 1 fully saturated rings. The maximum absolute atomic E-state index is 13.2. The molecule has 0 heterocycles. The second-order valence-corrected chi connectivity index (χ2v) is 8.44. The van der Waals surface area contributed by atoms with Crippen molar-refractivity contribution in [3.63, 3.8) is 0 Å². The fourth-order valence-electron chi connectivity index (χ4n) is 3.43. The average molecular weight is 369 g/mol. The molecule has 0 bridgehead atoms. The number of aryl methyl sites for hydroxylation is 1. The average Bonchev–Trinajstić information content (AvgIpc) is 3.35. The summed E-state index contributed by atoms with van der Waals surface area (Å²) in [7, 11) is -3.89. The third-order valence-corrected chi connectivity index (χ3v) is 7.02. The molecule has 0 spiro atoms. The normalized spacial score (nSPS) is 24.5. The van der Waals surface area contributed by atoms with E-state index >= 15 is 0 Å². The first-order chi connectivity index (χ1) is 12.4. The number of nitrogens with zero attached hydrogens (tertiary/aromatic N) is 1. The summed E-state index contributed by atoms with van der Waals surface area (Å²) >= 11 is 0. The molecular formula is C20H19NO4S. The monoisotopic (exact) mass is 369 g/mol. The zero-order valence-corrected chi connectivity index (χ0v) is 15.4. The second kappa shape index (κ2) is 6.58. The van der Waals surface area contributed by atoms with Gasteiger partial charge in [0.2, 0.25) is 0 Å². The largest absolute Gasteiger partial charge is 0.465 e. The van der Waals surface area contributed by atoms with Gasteiger partial charge < -0.3 is 4.74 Å². The Kier molecular flexibility index (Phi) is 4.59. The summed E-state index contributed by atoms with van der Waals surface area (Å²) in [6.07, 6.45) is 0. The van der Waals surface area contributed by atoms with Crippen molar-refractivity contribution in [2.45, 2.75) is 29.9 Å². The van der Waals surface area contributed by atoms with Crippen molar-refractivity contribution in [3.8, 4) is 6.07 Å². The molecule has 0 aromatic heterocycles. The lowest BCUT2D eigenvalue weighted by Gasteiger charge is -2.09. The SMILES string of the molecule is CCOC(=O)[C@]1(C#N)[C@H](c2ccccc2)[C@H]1S(=O)(=O)c1ccc(C)cc1. The molecule has 134 valence electrons. The van der Waals surface area contributed by atoms with Crippen LogP contribution in [0.1, 0.15) is 24.0 Å². The summed E-state index contributed by atoms with van der Waals surface area (Å²) in [6.45, 7) is 3.58. The van der Waals surface area contributed by atoms with Gasteiger partial charge in [0.25, 0.3) is 0 Å². The zero-order valence-electron chi connectivity index (χ0n) is 14.5. The first-order valence-electron chi connectivity index (χ1n) is 8.33. The topological polar surface area (TPSA) is 84.2 Å². The Morgan fingerprint density at radius 2 is 1.77 bits per heavy atom. The second-order valence-electron chi connectivity index (χ2n) is 6.37. The van der Waals surface area contributed by atoms with Gasteiger partial charge >= 0.3 is 5.97 Å². The third-order valence-electron chi connectivity index (χ3n) is 4.77. The van der Waals surface area contributed by atoms with Crippen LogP contribution in [-0.2, 0) is 19.4 Å². The maximum atomic E-state index is 13.2. The van der Waals surface area contributed by atoms with Crippen molar-refractivity contribution in [2.75, 3.05) is 6.61 Å². The van der Waals surface area contributed by atoms with Crippen LogP contribution < -0.4 is 0 Å². The van der Waals surface area contributed by atoms with E-state index in [2.05, 4.69) is 0 Å². The van der Waals surface area contributed by atoms with Crippen LogP contribution in [-0.4, -0.2) is 26.2 Å². The lowest BCUT2D eigenvalue weighted by molar-refractivity contribution is -0.147. The van der Waals surface area contributed by atoms with Gasteiger partial charge in [0.1, 0.15) is 5.25 Å². The summed E-state index contributed by atoms with van der Waals surface area (Å²) in [4.78, 5) is 12.7. The van der Waals surface area contributed by atoms with Crippen LogP contribution in [0, 0.1) is 23.7 Å². The lowest BCUT2D eigenvalue weighted by atomic mass is 10.0. The fraction of sp³-hybridized carbons (Fsp3) is 0.300. The van der Waals surface area contributed by atoms with Gasteiger partial charge in [-0.2, -0.15) is 5.26 Å². The van der Waals surface area contributed by atoms with Crippen molar-refractivity contribution in [1.29, 1.82) is 5.26 Å². The van der Waals surface area contributed by atoms with Gasteiger partial charge in [-0.3, -0.25) is 4.79 Å². The highest BCUT2D eigenvalue weighted by molar-refractivity contribution is 7.92. The van der Waals surface area contributed by atoms with E-state index in [-0.39, 0.29) is 11.5 Å². The van der Waals surface area contributed by atoms with Gasteiger partial charge in [0.05, 0.1) is 17.6 Å². The Hall–Kier alpha value is -2.65. The molecule has 1 aliphatic carbocycles. The lowest BCUT2D eigenvalue weighted by Crippen LogP contribution is -2.25. The molecule has 0 amide bonds. The molecule has 26 heavy (non-hydrogen) atoms. The smallest absolute Gasteiger partial charge is 0.328 e. The molecule has 5 nitrogen and oxygen atoms in total. The molecule has 1 aliphatic rings. The van der Waals surface area contributed by atoms with E-state index in [1.165, 1.54) is 12.1 Å². The van der Waals surface area contributed by atoms with Crippen LogP contribution in [0.25, 0.3) is 0 Å². The predicted molar refractivity (Wildman–Crippen MR) is 96.0 cm³/mol. The van der Waals surface area contributed by atoms with E-state index < -0.39 is 32.4 Å². The summed E-state index contributed by atoms with van der Waals surface area (Å²) in [6, 6.07) is 17.2. The summed E-state index contributed by atoms with van der Waals surface area (Å²) < 4.78 is 31.5. The summed E-state index contributed by atoms with van der Waals surface area (Å²) in [5.41, 5.74) is -0.153. The molecule has 3 atom stereocenters. The van der Waals surface area contributed by atoms with Crippen LogP contribution in [0.15, 0.2) is 59.5 Å². The van der Waals surface area contributed by atoms with Crippen molar-refractivity contribution in [1.82, 2.24) is 0 Å². The fourth-order valence-corrected chi connectivity index (χ4v) is 5.67. The van der Waals surface area contributed by atoms with Gasteiger partial charge in [0.15, 0.2) is 15.3 Å². The summed E-state index contributed by atoms with van der Waals surface area (Å²) in [5.74, 6) is -1.53. The van der Waals surface area contributed by atoms with Gasteiger partial charge in [-0.05, 0) is 31.5 Å². The van der Waals surface area contributed by atoms with Crippen molar-refractivity contribution >= 4 is 15.8 Å². The molecule has 0 N–H and O–H groups in total. The van der Waals surface area contributed by atoms with Gasteiger partial charge in [-0.25, -0.2) is 8.42 Å². The molecule has 2 aromatic carbocycles. The number of carbonyl (C=O) groups is 1. The van der Waals surface area contributed by atoms with E-state index in [4.69, 9.17) is 4.74 Å². The van der Waals surface area contributed by atoms with E-state index in [1.807, 2.05) is 13.0 Å². The number of rotatable bonds is 5. The minimum Gasteiger partial charge on any atom is -0.465 e. The quantitative estimate of drug-likeness (QED) is 0.757. The number of nitriles is 1. The minimum absolute atomic E-state index is 0.0844.